The topological polar surface area (TPSA) is 26.0 Å². The Kier molecular flexibility index (Phi) is 3.92. The Labute approximate surface area is 111 Å². The molecule has 0 radical (unpaired) electrons. The molecule has 0 aliphatic rings. The Morgan fingerprint density at radius 1 is 1.11 bits per heavy atom. The molecule has 0 bridgehead atoms. The molecule has 0 spiro atoms. The number of nitrogens with two attached hydrogens (primary N) is 1. The van der Waals surface area contributed by atoms with Gasteiger partial charge in [0.25, 0.3) is 0 Å². The number of nitrogen functional groups attached to an aromatic ring is 1. The number of anilines is 1. The van der Waals surface area contributed by atoms with Crippen molar-refractivity contribution in [1.29, 1.82) is 0 Å². The maximum absolute atomic E-state index is 13.2. The van der Waals surface area contributed by atoms with E-state index < -0.39 is 0 Å². The van der Waals surface area contributed by atoms with E-state index in [4.69, 9.17) is 5.73 Å². The first-order valence-electron chi connectivity index (χ1n) is 5.80. The van der Waals surface area contributed by atoms with Crippen molar-refractivity contribution in [2.24, 2.45) is 0 Å². The number of thioether (sulfide) groups is 1. The van der Waals surface area contributed by atoms with Crippen LogP contribution in [0, 0.1) is 19.7 Å². The van der Waals surface area contributed by atoms with E-state index in [1.165, 1.54) is 28.8 Å². The number of hydrogen-bond donors (Lipinski definition) is 1. The Bertz CT molecular complexity index is 526. The van der Waals surface area contributed by atoms with Crippen LogP contribution in [-0.4, -0.2) is 0 Å². The van der Waals surface area contributed by atoms with Gasteiger partial charge in [0.1, 0.15) is 5.82 Å². The number of benzene rings is 2. The maximum Gasteiger partial charge on any atom is 0.126 e. The summed E-state index contributed by atoms with van der Waals surface area (Å²) < 4.78 is 13.2. The lowest BCUT2D eigenvalue weighted by Gasteiger charge is -2.09. The number of rotatable bonds is 3. The van der Waals surface area contributed by atoms with Gasteiger partial charge >= 0.3 is 0 Å². The van der Waals surface area contributed by atoms with Gasteiger partial charge in [0.05, 0.1) is 0 Å². The Morgan fingerprint density at radius 2 is 1.78 bits per heavy atom. The van der Waals surface area contributed by atoms with Gasteiger partial charge in [0.2, 0.25) is 0 Å². The van der Waals surface area contributed by atoms with Crippen molar-refractivity contribution in [1.82, 2.24) is 0 Å². The lowest BCUT2D eigenvalue weighted by molar-refractivity contribution is 0.625. The van der Waals surface area contributed by atoms with E-state index in [0.29, 0.717) is 5.69 Å². The first kappa shape index (κ1) is 13.0. The van der Waals surface area contributed by atoms with Gasteiger partial charge in [-0.3, -0.25) is 0 Å². The summed E-state index contributed by atoms with van der Waals surface area (Å²) in [4.78, 5) is 0.871. The van der Waals surface area contributed by atoms with Crippen molar-refractivity contribution in [2.45, 2.75) is 24.5 Å². The van der Waals surface area contributed by atoms with Gasteiger partial charge in [-0.1, -0.05) is 18.2 Å². The van der Waals surface area contributed by atoms with Crippen molar-refractivity contribution < 1.29 is 4.39 Å². The average Bonchev–Trinajstić information content (AvgIpc) is 2.27. The predicted octanol–water partition coefficient (Wildman–Crippen LogP) is 4.32. The van der Waals surface area contributed by atoms with E-state index in [0.717, 1.165) is 10.6 Å². The second-order valence-electron chi connectivity index (χ2n) is 4.38. The summed E-state index contributed by atoms with van der Waals surface area (Å²) >= 11 is 1.61. The van der Waals surface area contributed by atoms with Crippen molar-refractivity contribution in [3.63, 3.8) is 0 Å². The van der Waals surface area contributed by atoms with Crippen molar-refractivity contribution in [2.75, 3.05) is 5.73 Å². The highest BCUT2D eigenvalue weighted by atomic mass is 32.2. The summed E-state index contributed by atoms with van der Waals surface area (Å²) in [5.41, 5.74) is 9.96. The average molecular weight is 261 g/mol. The molecule has 2 aromatic carbocycles. The molecule has 18 heavy (non-hydrogen) atoms. The molecule has 0 heterocycles. The normalized spacial score (nSPS) is 10.6. The van der Waals surface area contributed by atoms with Crippen LogP contribution >= 0.6 is 11.8 Å². The second kappa shape index (κ2) is 5.44. The first-order valence-corrected chi connectivity index (χ1v) is 6.79. The molecule has 0 saturated carbocycles. The third kappa shape index (κ3) is 3.05. The minimum atomic E-state index is -0.279. The van der Waals surface area contributed by atoms with Gasteiger partial charge < -0.3 is 5.73 Å². The van der Waals surface area contributed by atoms with Crippen molar-refractivity contribution in [3.8, 4) is 0 Å². The van der Waals surface area contributed by atoms with Crippen LogP contribution < -0.4 is 5.73 Å². The largest absolute Gasteiger partial charge is 0.399 e. The molecule has 0 aromatic heterocycles. The summed E-state index contributed by atoms with van der Waals surface area (Å²) in [7, 11) is 0. The lowest BCUT2D eigenvalue weighted by atomic mass is 10.1. The molecule has 0 fully saturated rings. The van der Waals surface area contributed by atoms with Crippen LogP contribution in [-0.2, 0) is 5.75 Å². The molecule has 2 rings (SSSR count). The highest BCUT2D eigenvalue weighted by Gasteiger charge is 2.04. The zero-order chi connectivity index (χ0) is 13.1. The maximum atomic E-state index is 13.2. The molecule has 2 N–H and O–H groups in total. The minimum absolute atomic E-state index is 0.279. The summed E-state index contributed by atoms with van der Waals surface area (Å²) in [6.07, 6.45) is 0. The molecule has 0 saturated heterocycles. The van der Waals surface area contributed by atoms with Crippen LogP contribution in [0.5, 0.6) is 0 Å². The molecule has 0 amide bonds. The third-order valence-electron chi connectivity index (χ3n) is 2.92. The molecular formula is C15H16FNS. The molecule has 0 aliphatic carbocycles. The van der Waals surface area contributed by atoms with Gasteiger partial charge in [-0.05, 0) is 48.7 Å². The van der Waals surface area contributed by atoms with Crippen LogP contribution in [0.25, 0.3) is 0 Å². The van der Waals surface area contributed by atoms with Gasteiger partial charge in [0, 0.05) is 16.3 Å². The molecule has 2 aromatic rings. The summed E-state index contributed by atoms with van der Waals surface area (Å²) in [6, 6.07) is 10.9. The smallest absolute Gasteiger partial charge is 0.126 e. The van der Waals surface area contributed by atoms with Gasteiger partial charge in [-0.25, -0.2) is 4.39 Å². The molecular weight excluding hydrogens is 245 g/mol. The first-order chi connectivity index (χ1) is 8.56. The van der Waals surface area contributed by atoms with Gasteiger partial charge in [-0.15, -0.1) is 11.8 Å². The van der Waals surface area contributed by atoms with Crippen molar-refractivity contribution >= 4 is 17.4 Å². The SMILES string of the molecule is Cc1cccc(C)c1CSc1cc(N)cc(F)c1. The quantitative estimate of drug-likeness (QED) is 0.658. The minimum Gasteiger partial charge on any atom is -0.399 e. The zero-order valence-electron chi connectivity index (χ0n) is 10.5. The highest BCUT2D eigenvalue weighted by molar-refractivity contribution is 7.98. The standard InChI is InChI=1S/C15H16FNS/c1-10-4-3-5-11(2)15(10)9-18-14-7-12(16)6-13(17)8-14/h3-8H,9,17H2,1-2H3. The summed E-state index contributed by atoms with van der Waals surface area (Å²) in [6.45, 7) is 4.20. The van der Waals surface area contributed by atoms with E-state index in [1.807, 2.05) is 0 Å². The monoisotopic (exact) mass is 261 g/mol. The molecule has 94 valence electrons. The molecule has 0 aliphatic heterocycles. The molecule has 1 nitrogen and oxygen atoms in total. The number of aryl methyl sites for hydroxylation is 2. The molecule has 0 atom stereocenters. The fraction of sp³-hybridized carbons (Fsp3) is 0.200. The van der Waals surface area contributed by atoms with E-state index >= 15 is 0 Å². The third-order valence-corrected chi connectivity index (χ3v) is 3.92. The van der Waals surface area contributed by atoms with Crippen LogP contribution in [0.2, 0.25) is 0 Å². The fourth-order valence-electron chi connectivity index (χ4n) is 1.90. The van der Waals surface area contributed by atoms with Crippen molar-refractivity contribution in [3.05, 3.63) is 58.9 Å². The Balaban J connectivity index is 2.16. The van der Waals surface area contributed by atoms with E-state index in [2.05, 4.69) is 32.0 Å². The van der Waals surface area contributed by atoms with Crippen LogP contribution in [0.15, 0.2) is 41.3 Å². The zero-order valence-corrected chi connectivity index (χ0v) is 11.4. The van der Waals surface area contributed by atoms with Crippen LogP contribution in [0.1, 0.15) is 16.7 Å². The van der Waals surface area contributed by atoms with Gasteiger partial charge in [0.15, 0.2) is 0 Å². The van der Waals surface area contributed by atoms with Crippen LogP contribution in [0.3, 0.4) is 0 Å². The number of halogens is 1. The van der Waals surface area contributed by atoms with E-state index in [-0.39, 0.29) is 5.82 Å². The number of hydrogen-bond acceptors (Lipinski definition) is 2. The van der Waals surface area contributed by atoms with Crippen LogP contribution in [0.4, 0.5) is 10.1 Å². The lowest BCUT2D eigenvalue weighted by Crippen LogP contribution is -1.92. The second-order valence-corrected chi connectivity index (χ2v) is 5.43. The molecule has 3 heteroatoms. The summed E-state index contributed by atoms with van der Waals surface area (Å²) in [5, 5.41) is 0. The molecule has 0 unspecified atom stereocenters. The Hall–Kier alpha value is -1.48. The van der Waals surface area contributed by atoms with Gasteiger partial charge in [-0.2, -0.15) is 0 Å². The Morgan fingerprint density at radius 3 is 2.39 bits per heavy atom. The summed E-state index contributed by atoms with van der Waals surface area (Å²) in [5.74, 6) is 0.556. The highest BCUT2D eigenvalue weighted by Crippen LogP contribution is 2.28. The van der Waals surface area contributed by atoms with E-state index in [9.17, 15) is 4.39 Å². The fourth-order valence-corrected chi connectivity index (χ4v) is 3.08. The van der Waals surface area contributed by atoms with E-state index in [1.54, 1.807) is 17.8 Å². The predicted molar refractivity (Wildman–Crippen MR) is 76.3 cm³/mol.